The number of halogens is 4. The molecule has 0 saturated carbocycles. The average molecular weight is 584 g/mol. The van der Waals surface area contributed by atoms with Crippen LogP contribution in [0, 0.1) is 12.3 Å². The lowest BCUT2D eigenvalue weighted by Crippen LogP contribution is -2.63. The normalized spacial score (nSPS) is 23.0. The third-order valence-electron chi connectivity index (χ3n) is 6.60. The lowest BCUT2D eigenvalue weighted by Gasteiger charge is -2.45. The molecular weight excluding hydrogens is 555 g/mol. The molecule has 2 aromatic rings. The van der Waals surface area contributed by atoms with E-state index in [1.54, 1.807) is 29.3 Å². The van der Waals surface area contributed by atoms with Gasteiger partial charge in [0.1, 0.15) is 0 Å². The van der Waals surface area contributed by atoms with Gasteiger partial charge in [0.2, 0.25) is 5.91 Å². The fourth-order valence-electron chi connectivity index (χ4n) is 4.58. The van der Waals surface area contributed by atoms with Crippen LogP contribution in [-0.2, 0) is 19.9 Å². The molecule has 0 unspecified atom stereocenters. The summed E-state index contributed by atoms with van der Waals surface area (Å²) in [5.41, 5.74) is 1.45. The van der Waals surface area contributed by atoms with Crippen molar-refractivity contribution < 1.29 is 37.4 Å². The summed E-state index contributed by atoms with van der Waals surface area (Å²) >= 11 is 6.72. The van der Waals surface area contributed by atoms with Gasteiger partial charge in [-0.3, -0.25) is 24.9 Å². The molecule has 3 heterocycles. The maximum atomic E-state index is 13.2. The van der Waals surface area contributed by atoms with Gasteiger partial charge in [-0.1, -0.05) is 23.7 Å². The number of guanidine groups is 1. The SMILES string of the molecule is Cc1ccncc1C(=O)Nc1cccc([C@]2(C)CC(=O)N([C@@H]3CCO[C@H](C)C3)C(=N)N2)c1Cl.O=C(O)C(F)(F)F. The van der Waals surface area contributed by atoms with Gasteiger partial charge in [0, 0.05) is 25.0 Å². The second-order valence-electron chi connectivity index (χ2n) is 9.72. The molecule has 2 aliphatic rings. The Morgan fingerprint density at radius 3 is 2.58 bits per heavy atom. The summed E-state index contributed by atoms with van der Waals surface area (Å²) in [5.74, 6) is -3.14. The lowest BCUT2D eigenvalue weighted by molar-refractivity contribution is -0.192. The highest BCUT2D eigenvalue weighted by atomic mass is 35.5. The molecule has 2 amide bonds. The van der Waals surface area contributed by atoms with Crippen LogP contribution in [0.5, 0.6) is 0 Å². The van der Waals surface area contributed by atoms with Gasteiger partial charge in [0.15, 0.2) is 5.96 Å². The van der Waals surface area contributed by atoms with Crippen LogP contribution in [0.3, 0.4) is 0 Å². The van der Waals surface area contributed by atoms with Gasteiger partial charge in [-0.2, -0.15) is 13.2 Å². The Kier molecular flexibility index (Phi) is 9.41. The number of nitrogens with zero attached hydrogens (tertiary/aromatic N) is 2. The number of aromatic nitrogens is 1. The summed E-state index contributed by atoms with van der Waals surface area (Å²) in [4.78, 5) is 40.4. The zero-order valence-electron chi connectivity index (χ0n) is 21.9. The number of carbonyl (C=O) groups excluding carboxylic acids is 2. The van der Waals surface area contributed by atoms with Crippen molar-refractivity contribution in [3.05, 3.63) is 58.4 Å². The zero-order valence-corrected chi connectivity index (χ0v) is 22.7. The van der Waals surface area contributed by atoms with E-state index in [1.165, 1.54) is 6.20 Å². The highest BCUT2D eigenvalue weighted by Gasteiger charge is 2.44. The summed E-state index contributed by atoms with van der Waals surface area (Å²) < 4.78 is 37.3. The largest absolute Gasteiger partial charge is 0.490 e. The Labute approximate surface area is 233 Å². The van der Waals surface area contributed by atoms with Gasteiger partial charge in [0.05, 0.1) is 34.3 Å². The molecule has 1 aromatic heterocycles. The molecule has 0 aliphatic carbocycles. The number of benzene rings is 1. The maximum Gasteiger partial charge on any atom is 0.490 e. The Morgan fingerprint density at radius 1 is 1.32 bits per heavy atom. The van der Waals surface area contributed by atoms with E-state index in [0.29, 0.717) is 41.3 Å². The average Bonchev–Trinajstić information content (AvgIpc) is 2.84. The predicted molar refractivity (Wildman–Crippen MR) is 140 cm³/mol. The number of hydrogen-bond acceptors (Lipinski definition) is 6. The van der Waals surface area contributed by atoms with Crippen LogP contribution in [0.15, 0.2) is 36.7 Å². The summed E-state index contributed by atoms with van der Waals surface area (Å²) in [6.07, 6.45) is -0.352. The second kappa shape index (κ2) is 12.2. The van der Waals surface area contributed by atoms with E-state index in [0.717, 1.165) is 5.56 Å². The standard InChI is InChI=1S/C24H28ClN5O3.C2HF3O2/c1-14-7-9-27-13-17(14)22(32)28-19-6-4-5-18(21(19)25)24(3)12-20(31)30(23(26)29-24)16-8-10-33-15(2)11-16;3-2(4,5)1(6)7/h4-7,9,13,15-16H,8,10-12H2,1-3H3,(H2,26,29)(H,28,32);(H,6,7)/t15-,16-,24+;/m1./s1. The van der Waals surface area contributed by atoms with Crippen LogP contribution in [0.1, 0.15) is 54.6 Å². The zero-order chi connectivity index (χ0) is 29.8. The third kappa shape index (κ3) is 7.07. The number of aryl methyl sites for hydroxylation is 1. The molecule has 0 bridgehead atoms. The first-order chi connectivity index (χ1) is 18.6. The number of amides is 2. The van der Waals surface area contributed by atoms with Crippen LogP contribution in [0.25, 0.3) is 0 Å². The van der Waals surface area contributed by atoms with Crippen LogP contribution in [0.2, 0.25) is 5.02 Å². The van der Waals surface area contributed by atoms with Gasteiger partial charge < -0.3 is 20.5 Å². The van der Waals surface area contributed by atoms with Crippen molar-refractivity contribution in [2.24, 2.45) is 0 Å². The number of nitrogens with one attached hydrogen (secondary N) is 3. The minimum atomic E-state index is -5.08. The highest BCUT2D eigenvalue weighted by Crippen LogP contribution is 2.38. The van der Waals surface area contributed by atoms with Crippen molar-refractivity contribution >= 4 is 41.0 Å². The molecular formula is C26H29ClF3N5O5. The number of alkyl halides is 3. The Morgan fingerprint density at radius 2 is 2.00 bits per heavy atom. The number of carboxylic acids is 1. The quantitative estimate of drug-likeness (QED) is 0.416. The van der Waals surface area contributed by atoms with Gasteiger partial charge in [0.25, 0.3) is 5.91 Å². The monoisotopic (exact) mass is 583 g/mol. The number of rotatable bonds is 4. The fourth-order valence-corrected chi connectivity index (χ4v) is 4.96. The van der Waals surface area contributed by atoms with E-state index in [1.807, 2.05) is 26.8 Å². The molecule has 2 fully saturated rings. The predicted octanol–water partition coefficient (Wildman–Crippen LogP) is 4.47. The van der Waals surface area contributed by atoms with Crippen molar-refractivity contribution in [1.82, 2.24) is 15.2 Å². The number of aliphatic carboxylic acids is 1. The number of ether oxygens (including phenoxy) is 1. The Hall–Kier alpha value is -3.71. The van der Waals surface area contributed by atoms with Gasteiger partial charge >= 0.3 is 12.1 Å². The van der Waals surface area contributed by atoms with Crippen molar-refractivity contribution in [2.45, 2.75) is 63.9 Å². The summed E-state index contributed by atoms with van der Waals surface area (Å²) in [6.45, 7) is 6.24. The van der Waals surface area contributed by atoms with Gasteiger partial charge in [-0.05, 0) is 56.9 Å². The Bertz CT molecular complexity index is 1290. The van der Waals surface area contributed by atoms with Crippen LogP contribution in [0.4, 0.5) is 18.9 Å². The molecule has 10 nitrogen and oxygen atoms in total. The summed E-state index contributed by atoms with van der Waals surface area (Å²) in [6, 6.07) is 7.01. The minimum Gasteiger partial charge on any atom is -0.475 e. The number of pyridine rings is 1. The molecule has 4 rings (SSSR count). The van der Waals surface area contributed by atoms with Gasteiger partial charge in [-0.25, -0.2) is 4.79 Å². The first-order valence-electron chi connectivity index (χ1n) is 12.3. The molecule has 216 valence electrons. The van der Waals surface area contributed by atoms with Crippen molar-refractivity contribution in [3.63, 3.8) is 0 Å². The lowest BCUT2D eigenvalue weighted by atomic mass is 9.85. The number of anilines is 1. The van der Waals surface area contributed by atoms with E-state index < -0.39 is 17.7 Å². The Balaban J connectivity index is 0.000000559. The van der Waals surface area contributed by atoms with E-state index in [-0.39, 0.29) is 36.3 Å². The minimum absolute atomic E-state index is 0.0517. The molecule has 0 spiro atoms. The van der Waals surface area contributed by atoms with E-state index in [4.69, 9.17) is 31.6 Å². The summed E-state index contributed by atoms with van der Waals surface area (Å²) in [5, 5.41) is 22.1. The number of carbonyl (C=O) groups is 3. The molecule has 3 atom stereocenters. The maximum absolute atomic E-state index is 13.2. The van der Waals surface area contributed by atoms with Crippen LogP contribution < -0.4 is 10.6 Å². The van der Waals surface area contributed by atoms with E-state index in [9.17, 15) is 22.8 Å². The molecule has 14 heteroatoms. The van der Waals surface area contributed by atoms with Crippen LogP contribution >= 0.6 is 11.6 Å². The van der Waals surface area contributed by atoms with Crippen molar-refractivity contribution in [1.29, 1.82) is 5.41 Å². The molecule has 2 aliphatic heterocycles. The van der Waals surface area contributed by atoms with Crippen molar-refractivity contribution in [3.8, 4) is 0 Å². The van der Waals surface area contributed by atoms with Crippen molar-refractivity contribution in [2.75, 3.05) is 11.9 Å². The first kappa shape index (κ1) is 30.8. The topological polar surface area (TPSA) is 145 Å². The molecule has 0 radical (unpaired) electrons. The molecule has 4 N–H and O–H groups in total. The third-order valence-corrected chi connectivity index (χ3v) is 7.01. The van der Waals surface area contributed by atoms with E-state index in [2.05, 4.69) is 15.6 Å². The number of carboxylic acid groups (broad SMARTS) is 1. The highest BCUT2D eigenvalue weighted by molar-refractivity contribution is 6.35. The molecule has 1 aromatic carbocycles. The molecule has 40 heavy (non-hydrogen) atoms. The van der Waals surface area contributed by atoms with Crippen LogP contribution in [-0.4, -0.2) is 63.7 Å². The van der Waals surface area contributed by atoms with Gasteiger partial charge in [-0.15, -0.1) is 0 Å². The fraction of sp³-hybridized carbons (Fsp3) is 0.423. The molecule has 2 saturated heterocycles. The second-order valence-corrected chi connectivity index (χ2v) is 10.1. The number of hydrogen-bond donors (Lipinski definition) is 4. The smallest absolute Gasteiger partial charge is 0.475 e. The summed E-state index contributed by atoms with van der Waals surface area (Å²) in [7, 11) is 0. The van der Waals surface area contributed by atoms with E-state index >= 15 is 0 Å². The first-order valence-corrected chi connectivity index (χ1v) is 12.6.